The summed E-state index contributed by atoms with van der Waals surface area (Å²) in [5.41, 5.74) is 1.10. The Morgan fingerprint density at radius 2 is 1.52 bits per heavy atom. The van der Waals surface area contributed by atoms with Crippen molar-refractivity contribution in [3.05, 3.63) is 95.3 Å². The van der Waals surface area contributed by atoms with Crippen molar-refractivity contribution in [2.24, 2.45) is 28.4 Å². The molecule has 0 amide bonds. The number of aliphatic hydroxyl groups is 1. The zero-order chi connectivity index (χ0) is 44.0. The average Bonchev–Trinajstić information content (AvgIpc) is 3.21. The third-order valence-corrected chi connectivity index (χ3v) is 18.6. The fraction of sp³-hybridized carbons (Fsp3) is 0.543. The summed E-state index contributed by atoms with van der Waals surface area (Å²) in [6.45, 7) is 15.0. The van der Waals surface area contributed by atoms with Gasteiger partial charge in [0.15, 0.2) is 31.9 Å². The van der Waals surface area contributed by atoms with Crippen molar-refractivity contribution in [2.75, 3.05) is 6.61 Å². The molecule has 3 N–H and O–H groups in total. The lowest BCUT2D eigenvalue weighted by molar-refractivity contribution is -0.311. The maximum Gasteiger partial charge on any atom is 0.341 e. The van der Waals surface area contributed by atoms with Crippen LogP contribution in [0.2, 0.25) is 18.1 Å². The Hall–Kier alpha value is -4.47. The van der Waals surface area contributed by atoms with Crippen LogP contribution in [0.15, 0.2) is 84.1 Å². The van der Waals surface area contributed by atoms with Crippen LogP contribution in [0.5, 0.6) is 0 Å². The highest BCUT2D eigenvalue weighted by molar-refractivity contribution is 6.73. The standard InChI is InChI=1S/C46H59NO12Si/c1-10-60(11-2,12-3)59-37(35(47)30-19-15-13-16-20-30)42(52)56-32-25-46(53)40(57-41(51)31-21-17-14-18-22-31)38-44(9,24-23-33-45(38,26-54-33)58-29(6)49)39(50)36(55-28(5)48)34(27(32)4)43(46,7)8/h13-24,33-38,40,53H,10-12,25-26,47H2,1-9H3/t33-,34?,35+,36-,37-,38+,40+,44-,45+,46-/m1/s1. The molecule has 1 aliphatic heterocycles. The van der Waals surface area contributed by atoms with E-state index in [2.05, 4.69) is 0 Å². The van der Waals surface area contributed by atoms with Crippen molar-refractivity contribution < 1.29 is 57.2 Å². The maximum atomic E-state index is 15.5. The zero-order valence-corrected chi connectivity index (χ0v) is 37.0. The number of nitrogens with two attached hydrogens (primary N) is 1. The molecule has 0 spiro atoms. The summed E-state index contributed by atoms with van der Waals surface area (Å²) in [5, 5.41) is 13.8. The molecule has 13 nitrogen and oxygen atoms in total. The van der Waals surface area contributed by atoms with Crippen LogP contribution in [-0.2, 0) is 47.3 Å². The minimum absolute atomic E-state index is 0.0268. The molecule has 0 radical (unpaired) electrons. The normalized spacial score (nSPS) is 31.5. The highest BCUT2D eigenvalue weighted by Gasteiger charge is 2.76. The van der Waals surface area contributed by atoms with Crippen LogP contribution in [0.25, 0.3) is 0 Å². The number of ketones is 1. The Kier molecular flexibility index (Phi) is 12.6. The second-order valence-corrected chi connectivity index (χ2v) is 22.3. The summed E-state index contributed by atoms with van der Waals surface area (Å²) < 4.78 is 37.8. The molecule has 0 aromatic heterocycles. The number of fused-ring (bicyclic) bond motifs is 5. The van der Waals surface area contributed by atoms with E-state index in [-0.39, 0.29) is 17.9 Å². The van der Waals surface area contributed by atoms with E-state index in [1.54, 1.807) is 70.2 Å². The molecular weight excluding hydrogens is 787 g/mol. The highest BCUT2D eigenvalue weighted by Crippen LogP contribution is 2.64. The number of carbonyl (C=O) groups excluding carboxylic acids is 5. The van der Waals surface area contributed by atoms with Gasteiger partial charge >= 0.3 is 23.9 Å². The Bertz CT molecular complexity index is 2040. The molecule has 1 saturated carbocycles. The molecule has 6 rings (SSSR count). The Morgan fingerprint density at radius 3 is 2.05 bits per heavy atom. The molecule has 2 bridgehead atoms. The van der Waals surface area contributed by atoms with Crippen LogP contribution in [0.1, 0.15) is 90.7 Å². The molecule has 2 aromatic rings. The van der Waals surface area contributed by atoms with Crippen LogP contribution in [0.4, 0.5) is 0 Å². The summed E-state index contributed by atoms with van der Waals surface area (Å²) in [6.07, 6.45) is -2.51. The minimum atomic E-state index is -2.52. The van der Waals surface area contributed by atoms with Crippen LogP contribution in [0.3, 0.4) is 0 Å². The smallest absolute Gasteiger partial charge is 0.341 e. The van der Waals surface area contributed by atoms with E-state index >= 15 is 4.79 Å². The number of benzene rings is 2. The topological polar surface area (TPSA) is 187 Å². The fourth-order valence-electron chi connectivity index (χ4n) is 10.3. The maximum absolute atomic E-state index is 15.5. The van der Waals surface area contributed by atoms with Crippen LogP contribution in [-0.4, -0.2) is 85.3 Å². The predicted octanol–water partition coefficient (Wildman–Crippen LogP) is 6.30. The Balaban J connectivity index is 1.57. The first-order chi connectivity index (χ1) is 28.3. The van der Waals surface area contributed by atoms with E-state index in [9.17, 15) is 24.3 Å². The molecular formula is C46H59NO12Si. The summed E-state index contributed by atoms with van der Waals surface area (Å²) in [6, 6.07) is 18.5. The van der Waals surface area contributed by atoms with Crippen molar-refractivity contribution >= 4 is 38.0 Å². The van der Waals surface area contributed by atoms with E-state index in [1.165, 1.54) is 13.8 Å². The van der Waals surface area contributed by atoms with Crippen molar-refractivity contribution in [3.8, 4) is 0 Å². The number of esters is 4. The van der Waals surface area contributed by atoms with E-state index in [1.807, 2.05) is 51.1 Å². The summed E-state index contributed by atoms with van der Waals surface area (Å²) in [5.74, 6) is -6.13. The first-order valence-electron chi connectivity index (χ1n) is 20.9. The van der Waals surface area contributed by atoms with Gasteiger partial charge < -0.3 is 39.0 Å². The second-order valence-electron chi connectivity index (χ2n) is 17.5. The molecule has 60 heavy (non-hydrogen) atoms. The highest BCUT2D eigenvalue weighted by atomic mass is 28.4. The first kappa shape index (κ1) is 45.1. The van der Waals surface area contributed by atoms with Gasteiger partial charge in [0.2, 0.25) is 0 Å². The number of hydrogen-bond donors (Lipinski definition) is 2. The summed E-state index contributed by atoms with van der Waals surface area (Å²) in [4.78, 5) is 70.6. The second kappa shape index (κ2) is 16.8. The van der Waals surface area contributed by atoms with E-state index in [0.717, 1.165) is 0 Å². The van der Waals surface area contributed by atoms with Gasteiger partial charge in [0.05, 0.1) is 29.5 Å². The molecule has 2 aromatic carbocycles. The zero-order valence-electron chi connectivity index (χ0n) is 36.0. The van der Waals surface area contributed by atoms with Gasteiger partial charge in [-0.2, -0.15) is 0 Å². The number of Topliss-reactive ketones (excluding diaryl/α,β-unsaturated/α-hetero) is 1. The lowest BCUT2D eigenvalue weighted by Gasteiger charge is -2.65. The van der Waals surface area contributed by atoms with Gasteiger partial charge in [-0.25, -0.2) is 9.59 Å². The average molecular weight is 846 g/mol. The van der Waals surface area contributed by atoms with Gasteiger partial charge in [-0.1, -0.05) is 95.3 Å². The SMILES string of the molecule is CC[Si](CC)(CC)O[C@@H](C(=O)OC1=C(C)C2[C@@H](OC(C)=O)C(=O)[C@]3(C)C=C[C@H]4OC[C@@]4(OC(C)=O)[C@H]3[C@H](OC(=O)c3ccccc3)[C@](O)(C1)C2(C)C)[C@@H](N)c1ccccc1. The molecule has 1 saturated heterocycles. The van der Waals surface area contributed by atoms with E-state index in [0.29, 0.717) is 29.3 Å². The van der Waals surface area contributed by atoms with Crippen LogP contribution in [0, 0.1) is 22.7 Å². The molecule has 14 heteroatoms. The van der Waals surface area contributed by atoms with Crippen molar-refractivity contribution in [1.29, 1.82) is 0 Å². The van der Waals surface area contributed by atoms with Gasteiger partial charge in [0, 0.05) is 31.6 Å². The quantitative estimate of drug-likeness (QED) is 0.0991. The lowest BCUT2D eigenvalue weighted by atomic mass is 9.45. The molecule has 324 valence electrons. The Labute approximate surface area is 353 Å². The van der Waals surface area contributed by atoms with Gasteiger partial charge in [0.1, 0.15) is 23.6 Å². The van der Waals surface area contributed by atoms with Crippen LogP contribution < -0.4 is 5.73 Å². The Morgan fingerprint density at radius 1 is 0.917 bits per heavy atom. The van der Waals surface area contributed by atoms with Gasteiger partial charge in [-0.15, -0.1) is 0 Å². The molecule has 1 heterocycles. The lowest BCUT2D eigenvalue weighted by Crippen LogP contribution is -2.79. The predicted molar refractivity (Wildman–Crippen MR) is 222 cm³/mol. The molecule has 4 aliphatic rings. The van der Waals surface area contributed by atoms with Gasteiger partial charge in [-0.3, -0.25) is 14.4 Å². The van der Waals surface area contributed by atoms with Crippen molar-refractivity contribution in [1.82, 2.24) is 0 Å². The number of ether oxygens (including phenoxy) is 5. The first-order valence-corrected chi connectivity index (χ1v) is 23.4. The third-order valence-electron chi connectivity index (χ3n) is 14.0. The van der Waals surface area contributed by atoms with Crippen molar-refractivity contribution in [3.63, 3.8) is 0 Å². The summed E-state index contributed by atoms with van der Waals surface area (Å²) >= 11 is 0. The van der Waals surface area contributed by atoms with Gasteiger partial charge in [-0.05, 0) is 55.2 Å². The number of carbonyl (C=O) groups is 5. The number of hydrogen-bond acceptors (Lipinski definition) is 13. The minimum Gasteiger partial charge on any atom is -0.455 e. The molecule has 1 unspecified atom stereocenters. The van der Waals surface area contributed by atoms with Crippen molar-refractivity contribution in [2.45, 2.75) is 129 Å². The van der Waals surface area contributed by atoms with Crippen LogP contribution >= 0.6 is 0 Å². The fourth-order valence-corrected chi connectivity index (χ4v) is 13.0. The third kappa shape index (κ3) is 7.48. The molecule has 10 atom stereocenters. The van der Waals surface area contributed by atoms with E-state index in [4.69, 9.17) is 33.8 Å². The molecule has 2 fully saturated rings. The monoisotopic (exact) mass is 845 g/mol. The van der Waals surface area contributed by atoms with Gasteiger partial charge in [0.25, 0.3) is 0 Å². The number of rotatable bonds is 13. The largest absolute Gasteiger partial charge is 0.455 e. The summed E-state index contributed by atoms with van der Waals surface area (Å²) in [7, 11) is -2.52. The molecule has 3 aliphatic carbocycles. The number of allylic oxidation sites excluding steroid dienone is 1. The van der Waals surface area contributed by atoms with E-state index < -0.39 is 109 Å².